The molecule has 0 aromatic heterocycles. The molecule has 1 aliphatic rings. The van der Waals surface area contributed by atoms with Gasteiger partial charge < -0.3 is 19.8 Å². The van der Waals surface area contributed by atoms with E-state index in [-0.39, 0.29) is 33.6 Å². The number of esters is 1. The van der Waals surface area contributed by atoms with Crippen LogP contribution in [0.15, 0.2) is 81.1 Å². The average molecular weight is 635 g/mol. The fourth-order valence-electron chi connectivity index (χ4n) is 5.03. The van der Waals surface area contributed by atoms with Gasteiger partial charge in [-0.3, -0.25) is 0 Å². The Morgan fingerprint density at radius 3 is 2.30 bits per heavy atom. The number of anilines is 1. The molecule has 3 N–H and O–H groups in total. The molecule has 0 radical (unpaired) electrons. The lowest BCUT2D eigenvalue weighted by Gasteiger charge is -2.40. The van der Waals surface area contributed by atoms with Gasteiger partial charge in [0.05, 0.1) is 11.6 Å². The summed E-state index contributed by atoms with van der Waals surface area (Å²) in [4.78, 5) is 14.2. The van der Waals surface area contributed by atoms with Gasteiger partial charge in [-0.1, -0.05) is 58.5 Å². The largest absolute Gasteiger partial charge is 0.511 e. The predicted octanol–water partition coefficient (Wildman–Crippen LogP) is 7.35. The standard InChI is InChI=1S/C34H38N2O6S2/c1-21(2)34(16-15-23-7-11-25(36)12-8-23)19-28(37)31(32(38)41-34)43-30-17-22(3)29(18-27(30)33(4,5)6)42-44(39,40)26-13-9-24(20-35)10-14-26/h7-14,17-18,21,37H,15-16,19,36H2,1-6H3. The predicted molar refractivity (Wildman–Crippen MR) is 172 cm³/mol. The Labute approximate surface area is 264 Å². The number of carbonyl (C=O) groups excluding carboxylic acids is 1. The minimum absolute atomic E-state index is 0.0292. The zero-order valence-corrected chi connectivity index (χ0v) is 27.4. The Bertz CT molecular complexity index is 1730. The van der Waals surface area contributed by atoms with Crippen molar-refractivity contribution < 1.29 is 27.2 Å². The number of aliphatic hydroxyl groups excluding tert-OH is 1. The molecular weight excluding hydrogens is 597 g/mol. The first kappa shape index (κ1) is 33.0. The molecule has 0 aliphatic carbocycles. The van der Waals surface area contributed by atoms with E-state index in [1.165, 1.54) is 24.3 Å². The van der Waals surface area contributed by atoms with Crippen molar-refractivity contribution in [2.75, 3.05) is 5.73 Å². The number of carbonyl (C=O) groups is 1. The smallest absolute Gasteiger partial charge is 0.349 e. The number of rotatable bonds is 9. The van der Waals surface area contributed by atoms with E-state index in [9.17, 15) is 18.3 Å². The van der Waals surface area contributed by atoms with Gasteiger partial charge in [-0.2, -0.15) is 13.7 Å². The van der Waals surface area contributed by atoms with Gasteiger partial charge in [0, 0.05) is 17.0 Å². The number of hydrogen-bond acceptors (Lipinski definition) is 9. The van der Waals surface area contributed by atoms with Crippen LogP contribution in [0.1, 0.15) is 69.7 Å². The van der Waals surface area contributed by atoms with Gasteiger partial charge in [-0.15, -0.1) is 0 Å². The van der Waals surface area contributed by atoms with E-state index in [4.69, 9.17) is 19.9 Å². The van der Waals surface area contributed by atoms with Crippen LogP contribution in [0.4, 0.5) is 5.69 Å². The Balaban J connectivity index is 1.63. The van der Waals surface area contributed by atoms with Crippen LogP contribution in [0.5, 0.6) is 5.75 Å². The van der Waals surface area contributed by atoms with Crippen molar-refractivity contribution in [2.24, 2.45) is 5.92 Å². The number of nitriles is 1. The van der Waals surface area contributed by atoms with E-state index in [0.29, 0.717) is 34.6 Å². The van der Waals surface area contributed by atoms with Gasteiger partial charge in [-0.25, -0.2) is 4.79 Å². The normalized spacial score (nSPS) is 17.4. The monoisotopic (exact) mass is 634 g/mol. The number of aliphatic hydroxyl groups is 1. The van der Waals surface area contributed by atoms with Crippen molar-refractivity contribution in [1.82, 2.24) is 0 Å². The van der Waals surface area contributed by atoms with Crippen molar-refractivity contribution >= 4 is 33.5 Å². The number of nitrogen functional groups attached to an aromatic ring is 1. The summed E-state index contributed by atoms with van der Waals surface area (Å²) in [7, 11) is -4.18. The van der Waals surface area contributed by atoms with Gasteiger partial charge in [0.1, 0.15) is 26.9 Å². The Kier molecular flexibility index (Phi) is 9.43. The lowest BCUT2D eigenvalue weighted by Crippen LogP contribution is -2.44. The van der Waals surface area contributed by atoms with Gasteiger partial charge in [0.15, 0.2) is 0 Å². The minimum Gasteiger partial charge on any atom is -0.511 e. The van der Waals surface area contributed by atoms with Crippen molar-refractivity contribution in [1.29, 1.82) is 5.26 Å². The first-order chi connectivity index (χ1) is 20.5. The molecule has 8 nitrogen and oxygen atoms in total. The molecule has 0 saturated carbocycles. The number of thioether (sulfide) groups is 1. The number of hydrogen-bond donors (Lipinski definition) is 2. The van der Waals surface area contributed by atoms with E-state index in [1.54, 1.807) is 19.1 Å². The first-order valence-electron chi connectivity index (χ1n) is 14.3. The van der Waals surface area contributed by atoms with E-state index in [1.807, 2.05) is 65.0 Å². The maximum Gasteiger partial charge on any atom is 0.349 e. The summed E-state index contributed by atoms with van der Waals surface area (Å²) in [6.45, 7) is 11.6. The highest BCUT2D eigenvalue weighted by molar-refractivity contribution is 8.04. The molecule has 3 aromatic rings. The fourth-order valence-corrected chi connectivity index (χ4v) is 7.26. The maximum absolute atomic E-state index is 13.5. The molecule has 1 atom stereocenters. The zero-order valence-electron chi connectivity index (χ0n) is 25.8. The summed E-state index contributed by atoms with van der Waals surface area (Å²) < 4.78 is 37.8. The van der Waals surface area contributed by atoms with Crippen LogP contribution in [-0.2, 0) is 31.5 Å². The van der Waals surface area contributed by atoms with Crippen molar-refractivity contribution in [2.45, 2.75) is 81.6 Å². The van der Waals surface area contributed by atoms with Crippen LogP contribution in [-0.4, -0.2) is 25.1 Å². The third-order valence-electron chi connectivity index (χ3n) is 7.85. The van der Waals surface area contributed by atoms with E-state index < -0.39 is 27.1 Å². The topological polar surface area (TPSA) is 140 Å². The molecule has 0 fully saturated rings. The van der Waals surface area contributed by atoms with Crippen LogP contribution in [0.3, 0.4) is 0 Å². The number of ether oxygens (including phenoxy) is 1. The third-order valence-corrected chi connectivity index (χ3v) is 10.3. The highest BCUT2D eigenvalue weighted by atomic mass is 32.2. The third kappa shape index (κ3) is 7.22. The Morgan fingerprint density at radius 2 is 1.75 bits per heavy atom. The number of nitrogens with zero attached hydrogens (tertiary/aromatic N) is 1. The van der Waals surface area contributed by atoms with Gasteiger partial charge in [0.25, 0.3) is 0 Å². The van der Waals surface area contributed by atoms with E-state index >= 15 is 0 Å². The minimum atomic E-state index is -4.18. The van der Waals surface area contributed by atoms with E-state index in [2.05, 4.69) is 0 Å². The van der Waals surface area contributed by atoms with Crippen LogP contribution < -0.4 is 9.92 Å². The molecule has 0 bridgehead atoms. The van der Waals surface area contributed by atoms with Crippen LogP contribution in [0.25, 0.3) is 0 Å². The summed E-state index contributed by atoms with van der Waals surface area (Å²) in [5.41, 5.74) is 7.81. The van der Waals surface area contributed by atoms with Gasteiger partial charge in [0.2, 0.25) is 0 Å². The fraction of sp³-hybridized carbons (Fsp3) is 0.353. The first-order valence-corrected chi connectivity index (χ1v) is 16.5. The lowest BCUT2D eigenvalue weighted by atomic mass is 9.80. The van der Waals surface area contributed by atoms with Gasteiger partial charge in [-0.05, 0) is 96.3 Å². The molecule has 1 heterocycles. The molecule has 232 valence electrons. The van der Waals surface area contributed by atoms with Crippen LogP contribution in [0, 0.1) is 24.2 Å². The number of aryl methyl sites for hydroxylation is 2. The van der Waals surface area contributed by atoms with E-state index in [0.717, 1.165) is 22.9 Å². The second kappa shape index (κ2) is 12.6. The maximum atomic E-state index is 13.5. The molecule has 3 aromatic carbocycles. The second-order valence-corrected chi connectivity index (χ2v) is 15.0. The summed E-state index contributed by atoms with van der Waals surface area (Å²) in [5.74, 6) is -0.519. The summed E-state index contributed by atoms with van der Waals surface area (Å²) in [5, 5.41) is 20.3. The summed E-state index contributed by atoms with van der Waals surface area (Å²) in [6, 6.07) is 18.4. The molecule has 10 heteroatoms. The molecule has 44 heavy (non-hydrogen) atoms. The zero-order chi connectivity index (χ0) is 32.4. The highest BCUT2D eigenvalue weighted by Crippen LogP contribution is 2.46. The molecule has 4 rings (SSSR count). The SMILES string of the molecule is Cc1cc(SC2=C(O)CC(CCc3ccc(N)cc3)(C(C)C)OC2=O)c(C(C)(C)C)cc1OS(=O)(=O)c1ccc(C#N)cc1. The van der Waals surface area contributed by atoms with Crippen LogP contribution in [0.2, 0.25) is 0 Å². The molecular formula is C34H38N2O6S2. The molecule has 0 spiro atoms. The summed E-state index contributed by atoms with van der Waals surface area (Å²) in [6.07, 6.45) is 1.37. The second-order valence-electron chi connectivity index (χ2n) is 12.4. The average Bonchev–Trinajstić information content (AvgIpc) is 2.95. The molecule has 0 saturated heterocycles. The van der Waals surface area contributed by atoms with Crippen molar-refractivity contribution in [3.05, 3.63) is 93.6 Å². The summed E-state index contributed by atoms with van der Waals surface area (Å²) >= 11 is 1.11. The number of benzene rings is 3. The molecule has 1 aliphatic heterocycles. The number of cyclic esters (lactones) is 1. The molecule has 1 unspecified atom stereocenters. The highest BCUT2D eigenvalue weighted by Gasteiger charge is 2.44. The lowest BCUT2D eigenvalue weighted by molar-refractivity contribution is -0.164. The molecule has 0 amide bonds. The quantitative estimate of drug-likeness (QED) is 0.140. The Morgan fingerprint density at radius 1 is 1.11 bits per heavy atom. The van der Waals surface area contributed by atoms with Crippen molar-refractivity contribution in [3.8, 4) is 11.8 Å². The number of nitrogens with two attached hydrogens (primary N) is 1. The van der Waals surface area contributed by atoms with Gasteiger partial charge >= 0.3 is 16.1 Å². The van der Waals surface area contributed by atoms with Crippen LogP contribution >= 0.6 is 11.8 Å². The Hall–Kier alpha value is -3.94. The van der Waals surface area contributed by atoms with Crippen molar-refractivity contribution in [3.63, 3.8) is 0 Å².